The van der Waals surface area contributed by atoms with E-state index in [4.69, 9.17) is 0 Å². The van der Waals surface area contributed by atoms with Crippen molar-refractivity contribution in [2.24, 2.45) is 0 Å². The van der Waals surface area contributed by atoms with Gasteiger partial charge in [-0.1, -0.05) is 19.3 Å². The van der Waals surface area contributed by atoms with Gasteiger partial charge in [0.2, 0.25) is 5.91 Å². The topological polar surface area (TPSA) is 87.7 Å². The first-order valence-corrected chi connectivity index (χ1v) is 6.75. The van der Waals surface area contributed by atoms with Crippen molar-refractivity contribution in [3.8, 4) is 0 Å². The van der Waals surface area contributed by atoms with Crippen LogP contribution in [0, 0.1) is 0 Å². The molecule has 1 fully saturated rings. The van der Waals surface area contributed by atoms with Crippen molar-refractivity contribution in [2.75, 3.05) is 20.2 Å². The molecule has 0 radical (unpaired) electrons. The summed E-state index contributed by atoms with van der Waals surface area (Å²) in [7, 11) is 1.28. The summed E-state index contributed by atoms with van der Waals surface area (Å²) in [6, 6.07) is -0.713. The van der Waals surface area contributed by atoms with Gasteiger partial charge in [-0.2, -0.15) is 0 Å². The highest BCUT2D eigenvalue weighted by Crippen LogP contribution is 2.27. The minimum Gasteiger partial charge on any atom is -0.467 e. The highest BCUT2D eigenvalue weighted by atomic mass is 16.5. The highest BCUT2D eigenvalue weighted by molar-refractivity contribution is 5.83. The third-order valence-corrected chi connectivity index (χ3v) is 3.45. The van der Waals surface area contributed by atoms with E-state index in [9.17, 15) is 14.7 Å². The van der Waals surface area contributed by atoms with Gasteiger partial charge in [-0.3, -0.25) is 4.79 Å². The molecule has 1 amide bonds. The first-order chi connectivity index (χ1) is 8.97. The zero-order valence-corrected chi connectivity index (χ0v) is 11.7. The predicted molar refractivity (Wildman–Crippen MR) is 70.5 cm³/mol. The smallest absolute Gasteiger partial charge is 0.329 e. The highest BCUT2D eigenvalue weighted by Gasteiger charge is 2.29. The molecule has 1 aliphatic carbocycles. The molecule has 6 nitrogen and oxygen atoms in total. The normalized spacial score (nSPS) is 19.5. The van der Waals surface area contributed by atoms with Crippen LogP contribution in [-0.4, -0.2) is 48.8 Å². The van der Waals surface area contributed by atoms with Crippen molar-refractivity contribution in [2.45, 2.75) is 50.7 Å². The molecule has 0 saturated heterocycles. The van der Waals surface area contributed by atoms with Gasteiger partial charge in [-0.15, -0.1) is 0 Å². The number of esters is 1. The van der Waals surface area contributed by atoms with Gasteiger partial charge in [0.1, 0.15) is 6.04 Å². The minimum atomic E-state index is -0.713. The SMILES string of the molecule is COC(=O)C(CNCC1(O)CCCCC1)NC(C)=O. The zero-order chi connectivity index (χ0) is 14.3. The minimum absolute atomic E-state index is 0.258. The number of carbonyl (C=O) groups excluding carboxylic acids is 2. The zero-order valence-electron chi connectivity index (χ0n) is 11.7. The van der Waals surface area contributed by atoms with Crippen molar-refractivity contribution in [1.82, 2.24) is 10.6 Å². The van der Waals surface area contributed by atoms with E-state index in [1.807, 2.05) is 0 Å². The lowest BCUT2D eigenvalue weighted by Crippen LogP contribution is -2.50. The van der Waals surface area contributed by atoms with E-state index in [2.05, 4.69) is 15.4 Å². The fourth-order valence-electron chi connectivity index (χ4n) is 2.42. The Hall–Kier alpha value is -1.14. The second-order valence-corrected chi connectivity index (χ2v) is 5.19. The number of amides is 1. The maximum atomic E-state index is 11.5. The summed E-state index contributed by atoms with van der Waals surface area (Å²) in [6.45, 7) is 2.04. The predicted octanol–water partition coefficient (Wildman–Crippen LogP) is -0.0511. The van der Waals surface area contributed by atoms with Gasteiger partial charge in [-0.25, -0.2) is 4.79 Å². The van der Waals surface area contributed by atoms with Crippen LogP contribution in [-0.2, 0) is 14.3 Å². The first kappa shape index (κ1) is 15.9. The Labute approximate surface area is 113 Å². The molecule has 19 heavy (non-hydrogen) atoms. The number of carbonyl (C=O) groups is 2. The van der Waals surface area contributed by atoms with Gasteiger partial charge < -0.3 is 20.5 Å². The van der Waals surface area contributed by atoms with Crippen molar-refractivity contribution < 1.29 is 19.4 Å². The van der Waals surface area contributed by atoms with Crippen LogP contribution in [0.4, 0.5) is 0 Å². The summed E-state index contributed by atoms with van der Waals surface area (Å²) < 4.78 is 4.62. The Balaban J connectivity index is 2.38. The van der Waals surface area contributed by atoms with E-state index in [-0.39, 0.29) is 12.5 Å². The van der Waals surface area contributed by atoms with Gasteiger partial charge >= 0.3 is 5.97 Å². The van der Waals surface area contributed by atoms with Crippen molar-refractivity contribution >= 4 is 11.9 Å². The molecule has 110 valence electrons. The van der Waals surface area contributed by atoms with Gasteiger partial charge in [0.25, 0.3) is 0 Å². The standard InChI is InChI=1S/C13H24N2O4/c1-10(16)15-11(12(17)19-2)8-14-9-13(18)6-4-3-5-7-13/h11,14,18H,3-9H2,1-2H3,(H,15,16). The van der Waals surface area contributed by atoms with Crippen LogP contribution in [0.25, 0.3) is 0 Å². The fraction of sp³-hybridized carbons (Fsp3) is 0.846. The molecule has 0 aromatic carbocycles. The van der Waals surface area contributed by atoms with Crippen LogP contribution in [0.2, 0.25) is 0 Å². The molecule has 0 aliphatic heterocycles. The molecule has 3 N–H and O–H groups in total. The van der Waals surface area contributed by atoms with Gasteiger partial charge in [0.15, 0.2) is 0 Å². The van der Waals surface area contributed by atoms with Crippen LogP contribution in [0.3, 0.4) is 0 Å². The lowest BCUT2D eigenvalue weighted by Gasteiger charge is -2.32. The molecule has 6 heteroatoms. The van der Waals surface area contributed by atoms with E-state index in [0.717, 1.165) is 25.7 Å². The molecule has 1 saturated carbocycles. The summed E-state index contributed by atoms with van der Waals surface area (Å²) in [5.74, 6) is -0.771. The maximum absolute atomic E-state index is 11.5. The summed E-state index contributed by atoms with van der Waals surface area (Å²) in [5.41, 5.74) is -0.685. The Morgan fingerprint density at radius 1 is 1.32 bits per heavy atom. The second-order valence-electron chi connectivity index (χ2n) is 5.19. The van der Waals surface area contributed by atoms with Gasteiger partial charge in [-0.05, 0) is 12.8 Å². The number of ether oxygens (including phenoxy) is 1. The summed E-state index contributed by atoms with van der Waals surface area (Å²) in [5, 5.41) is 15.9. The molecule has 1 rings (SSSR count). The lowest BCUT2D eigenvalue weighted by molar-refractivity contribution is -0.144. The number of rotatable bonds is 6. The lowest BCUT2D eigenvalue weighted by atomic mass is 9.85. The Morgan fingerprint density at radius 3 is 2.47 bits per heavy atom. The quantitative estimate of drug-likeness (QED) is 0.590. The van der Waals surface area contributed by atoms with E-state index in [1.54, 1.807) is 0 Å². The van der Waals surface area contributed by atoms with E-state index in [1.165, 1.54) is 20.5 Å². The number of aliphatic hydroxyl groups is 1. The van der Waals surface area contributed by atoms with Crippen LogP contribution < -0.4 is 10.6 Å². The number of methoxy groups -OCH3 is 1. The summed E-state index contributed by atoms with van der Waals surface area (Å²) in [6.07, 6.45) is 4.79. The number of hydrogen-bond donors (Lipinski definition) is 3. The molecule has 0 bridgehead atoms. The summed E-state index contributed by atoms with van der Waals surface area (Å²) >= 11 is 0. The monoisotopic (exact) mass is 272 g/mol. The number of nitrogens with one attached hydrogen (secondary N) is 2. The van der Waals surface area contributed by atoms with E-state index >= 15 is 0 Å². The molecular weight excluding hydrogens is 248 g/mol. The maximum Gasteiger partial charge on any atom is 0.329 e. The Bertz CT molecular complexity index is 314. The molecular formula is C13H24N2O4. The molecule has 0 aromatic rings. The van der Waals surface area contributed by atoms with Gasteiger partial charge in [0.05, 0.1) is 12.7 Å². The second kappa shape index (κ2) is 7.45. The fourth-order valence-corrected chi connectivity index (χ4v) is 2.42. The number of hydrogen-bond acceptors (Lipinski definition) is 5. The largest absolute Gasteiger partial charge is 0.467 e. The third kappa shape index (κ3) is 5.57. The summed E-state index contributed by atoms with van der Waals surface area (Å²) in [4.78, 5) is 22.5. The van der Waals surface area contributed by atoms with Crippen molar-refractivity contribution in [3.05, 3.63) is 0 Å². The molecule has 1 atom stereocenters. The first-order valence-electron chi connectivity index (χ1n) is 6.75. The van der Waals surface area contributed by atoms with Crippen LogP contribution in [0.5, 0.6) is 0 Å². The average Bonchev–Trinajstić information content (AvgIpc) is 2.37. The van der Waals surface area contributed by atoms with Crippen molar-refractivity contribution in [3.63, 3.8) is 0 Å². The average molecular weight is 272 g/mol. The van der Waals surface area contributed by atoms with E-state index in [0.29, 0.717) is 6.54 Å². The van der Waals surface area contributed by atoms with Crippen LogP contribution in [0.15, 0.2) is 0 Å². The van der Waals surface area contributed by atoms with E-state index < -0.39 is 17.6 Å². The van der Waals surface area contributed by atoms with Gasteiger partial charge in [0, 0.05) is 20.0 Å². The molecule has 1 aliphatic rings. The van der Waals surface area contributed by atoms with Crippen LogP contribution >= 0.6 is 0 Å². The molecule has 0 spiro atoms. The van der Waals surface area contributed by atoms with Crippen molar-refractivity contribution in [1.29, 1.82) is 0 Å². The Morgan fingerprint density at radius 2 is 1.95 bits per heavy atom. The molecule has 0 aromatic heterocycles. The third-order valence-electron chi connectivity index (χ3n) is 3.45. The molecule has 0 heterocycles. The molecule has 1 unspecified atom stereocenters. The Kier molecular flexibility index (Phi) is 6.24. The van der Waals surface area contributed by atoms with Crippen LogP contribution in [0.1, 0.15) is 39.0 Å².